The van der Waals surface area contributed by atoms with E-state index in [0.29, 0.717) is 19.3 Å². The molecule has 2 unspecified atom stereocenters. The van der Waals surface area contributed by atoms with Gasteiger partial charge < -0.3 is 10.5 Å². The van der Waals surface area contributed by atoms with E-state index in [1.54, 1.807) is 7.11 Å². The average molecular weight is 237 g/mol. The summed E-state index contributed by atoms with van der Waals surface area (Å²) in [5.41, 5.74) is 6.72. The van der Waals surface area contributed by atoms with Crippen LogP contribution in [0.5, 0.6) is 5.75 Å². The third-order valence-corrected chi connectivity index (χ3v) is 3.53. The minimum absolute atomic E-state index is 0.0100. The Morgan fingerprint density at radius 1 is 1.53 bits per heavy atom. The highest BCUT2D eigenvalue weighted by Crippen LogP contribution is 2.37. The molecule has 0 aliphatic heterocycles. The minimum atomic E-state index is -1.15. The number of hydrogen-bond donors (Lipinski definition) is 1. The lowest BCUT2D eigenvalue weighted by molar-refractivity contribution is 0.169. The van der Waals surface area contributed by atoms with E-state index in [1.165, 1.54) is 0 Å². The number of methoxy groups -OCH3 is 1. The van der Waals surface area contributed by atoms with Crippen molar-refractivity contribution in [3.63, 3.8) is 0 Å². The van der Waals surface area contributed by atoms with Gasteiger partial charge >= 0.3 is 0 Å². The van der Waals surface area contributed by atoms with Gasteiger partial charge in [0.25, 0.3) is 0 Å². The van der Waals surface area contributed by atoms with Crippen molar-refractivity contribution >= 4 is 0 Å². The molecule has 1 aliphatic carbocycles. The van der Waals surface area contributed by atoms with Crippen LogP contribution in [0, 0.1) is 6.92 Å². The topological polar surface area (TPSA) is 35.2 Å². The fraction of sp³-hybridized carbons (Fsp3) is 0.571. The number of alkyl halides is 1. The second kappa shape index (κ2) is 4.65. The van der Waals surface area contributed by atoms with Gasteiger partial charge in [-0.25, -0.2) is 4.39 Å². The Balaban J connectivity index is 2.20. The van der Waals surface area contributed by atoms with Gasteiger partial charge in [-0.3, -0.25) is 0 Å². The van der Waals surface area contributed by atoms with Gasteiger partial charge in [0.1, 0.15) is 11.4 Å². The van der Waals surface area contributed by atoms with Crippen LogP contribution < -0.4 is 10.5 Å². The van der Waals surface area contributed by atoms with Gasteiger partial charge in [0.2, 0.25) is 0 Å². The van der Waals surface area contributed by atoms with E-state index in [1.807, 2.05) is 25.1 Å². The van der Waals surface area contributed by atoms with Crippen LogP contribution in [0.2, 0.25) is 0 Å². The van der Waals surface area contributed by atoms with Crippen LogP contribution in [0.15, 0.2) is 18.2 Å². The van der Waals surface area contributed by atoms with Crippen molar-refractivity contribution in [3.8, 4) is 5.75 Å². The van der Waals surface area contributed by atoms with Crippen LogP contribution in [0.25, 0.3) is 0 Å². The fourth-order valence-electron chi connectivity index (χ4n) is 2.67. The summed E-state index contributed by atoms with van der Waals surface area (Å²) in [6.45, 7) is 2.01. The highest BCUT2D eigenvalue weighted by Gasteiger charge is 2.38. The van der Waals surface area contributed by atoms with Crippen molar-refractivity contribution in [3.05, 3.63) is 29.3 Å². The van der Waals surface area contributed by atoms with Crippen LogP contribution in [-0.2, 0) is 6.42 Å². The minimum Gasteiger partial charge on any atom is -0.496 e. The standard InChI is InChI=1S/C14H20FNO/c1-10-3-4-13(17-2)11(7-10)8-14(15)6-5-12(16)9-14/h3-4,7,12H,5-6,8-9,16H2,1-2H3. The SMILES string of the molecule is COc1ccc(C)cc1CC1(F)CCC(N)C1. The molecule has 0 bridgehead atoms. The van der Waals surface area contributed by atoms with Gasteiger partial charge in [0, 0.05) is 12.5 Å². The lowest BCUT2D eigenvalue weighted by atomic mass is 9.93. The molecule has 2 atom stereocenters. The molecule has 0 spiro atoms. The fourth-order valence-corrected chi connectivity index (χ4v) is 2.67. The summed E-state index contributed by atoms with van der Waals surface area (Å²) in [5, 5.41) is 0. The Morgan fingerprint density at radius 2 is 2.29 bits per heavy atom. The second-order valence-corrected chi connectivity index (χ2v) is 5.15. The van der Waals surface area contributed by atoms with Crippen molar-refractivity contribution in [2.24, 2.45) is 5.73 Å². The maximum absolute atomic E-state index is 14.6. The molecular weight excluding hydrogens is 217 g/mol. The molecule has 0 saturated heterocycles. The maximum Gasteiger partial charge on any atom is 0.122 e. The first-order valence-corrected chi connectivity index (χ1v) is 6.10. The predicted octanol–water partition coefficient (Wildman–Crippen LogP) is 2.77. The normalized spacial score (nSPS) is 28.4. The summed E-state index contributed by atoms with van der Waals surface area (Å²) in [7, 11) is 1.62. The van der Waals surface area contributed by atoms with Crippen LogP contribution in [0.3, 0.4) is 0 Å². The summed E-state index contributed by atoms with van der Waals surface area (Å²) in [5.74, 6) is 0.771. The van der Waals surface area contributed by atoms with Crippen molar-refractivity contribution in [1.82, 2.24) is 0 Å². The van der Waals surface area contributed by atoms with Gasteiger partial charge in [0.05, 0.1) is 7.11 Å². The quantitative estimate of drug-likeness (QED) is 0.877. The van der Waals surface area contributed by atoms with Gasteiger partial charge in [-0.15, -0.1) is 0 Å². The predicted molar refractivity (Wildman–Crippen MR) is 67.1 cm³/mol. The first-order valence-electron chi connectivity index (χ1n) is 6.10. The Kier molecular flexibility index (Phi) is 3.38. The zero-order valence-electron chi connectivity index (χ0n) is 10.5. The Labute approximate surface area is 102 Å². The number of halogens is 1. The summed E-state index contributed by atoms with van der Waals surface area (Å²) >= 11 is 0. The largest absolute Gasteiger partial charge is 0.496 e. The van der Waals surface area contributed by atoms with Crippen molar-refractivity contribution in [2.75, 3.05) is 7.11 Å². The third-order valence-electron chi connectivity index (χ3n) is 3.53. The number of aryl methyl sites for hydroxylation is 1. The third kappa shape index (κ3) is 2.78. The molecule has 2 N–H and O–H groups in total. The molecule has 0 radical (unpaired) electrons. The summed E-state index contributed by atoms with van der Waals surface area (Å²) in [4.78, 5) is 0. The Hall–Kier alpha value is -1.09. The van der Waals surface area contributed by atoms with Crippen molar-refractivity contribution < 1.29 is 9.13 Å². The molecule has 0 heterocycles. The summed E-state index contributed by atoms with van der Waals surface area (Å²) in [6, 6.07) is 5.90. The zero-order valence-corrected chi connectivity index (χ0v) is 10.5. The smallest absolute Gasteiger partial charge is 0.122 e. The van der Waals surface area contributed by atoms with Gasteiger partial charge in [-0.05, 0) is 37.8 Å². The van der Waals surface area contributed by atoms with Crippen LogP contribution in [0.1, 0.15) is 30.4 Å². The van der Waals surface area contributed by atoms with Crippen LogP contribution in [-0.4, -0.2) is 18.8 Å². The molecule has 1 aromatic carbocycles. The lowest BCUT2D eigenvalue weighted by Gasteiger charge is -2.21. The first-order chi connectivity index (χ1) is 8.02. The highest BCUT2D eigenvalue weighted by atomic mass is 19.1. The van der Waals surface area contributed by atoms with E-state index in [0.717, 1.165) is 23.3 Å². The summed E-state index contributed by atoms with van der Waals surface area (Å²) < 4.78 is 19.8. The molecule has 0 aromatic heterocycles. The number of nitrogens with two attached hydrogens (primary N) is 1. The average Bonchev–Trinajstić information content (AvgIpc) is 2.59. The van der Waals surface area contributed by atoms with Crippen molar-refractivity contribution in [2.45, 2.75) is 44.3 Å². The van der Waals surface area contributed by atoms with E-state index >= 15 is 0 Å². The van der Waals surface area contributed by atoms with Gasteiger partial charge in [0.15, 0.2) is 0 Å². The van der Waals surface area contributed by atoms with Crippen LogP contribution in [0.4, 0.5) is 4.39 Å². The van der Waals surface area contributed by atoms with E-state index in [2.05, 4.69) is 0 Å². The number of ether oxygens (including phenoxy) is 1. The highest BCUT2D eigenvalue weighted by molar-refractivity contribution is 5.38. The number of rotatable bonds is 3. The molecular formula is C14H20FNO. The zero-order chi connectivity index (χ0) is 12.5. The van der Waals surface area contributed by atoms with Crippen LogP contribution >= 0.6 is 0 Å². The maximum atomic E-state index is 14.6. The molecule has 1 saturated carbocycles. The second-order valence-electron chi connectivity index (χ2n) is 5.15. The molecule has 0 amide bonds. The Bertz CT molecular complexity index is 407. The Morgan fingerprint density at radius 3 is 2.88 bits per heavy atom. The summed E-state index contributed by atoms with van der Waals surface area (Å²) in [6.07, 6.45) is 2.21. The van der Waals surface area contributed by atoms with E-state index < -0.39 is 5.67 Å². The van der Waals surface area contributed by atoms with E-state index in [4.69, 9.17) is 10.5 Å². The molecule has 1 fully saturated rings. The molecule has 3 heteroatoms. The molecule has 2 nitrogen and oxygen atoms in total. The van der Waals surface area contributed by atoms with Crippen molar-refractivity contribution in [1.29, 1.82) is 0 Å². The molecule has 1 aliphatic rings. The first kappa shape index (κ1) is 12.4. The number of benzene rings is 1. The number of hydrogen-bond acceptors (Lipinski definition) is 2. The molecule has 17 heavy (non-hydrogen) atoms. The van der Waals surface area contributed by atoms with E-state index in [9.17, 15) is 4.39 Å². The van der Waals surface area contributed by atoms with E-state index in [-0.39, 0.29) is 6.04 Å². The monoisotopic (exact) mass is 237 g/mol. The van der Waals surface area contributed by atoms with Gasteiger partial charge in [-0.1, -0.05) is 17.7 Å². The van der Waals surface area contributed by atoms with Gasteiger partial charge in [-0.2, -0.15) is 0 Å². The molecule has 94 valence electrons. The lowest BCUT2D eigenvalue weighted by Crippen LogP contribution is -2.25. The molecule has 2 rings (SSSR count). The molecule has 1 aromatic rings.